The standard InChI is InChI=1S/C12H17NO4/c1-13(2,3)7-11(16)12(17)8-4-9(14)6-10(15)5-8/h4-6,11,16H,7H2,1-3H3,(H-,14,15)/p+1. The second kappa shape index (κ2) is 4.73. The maximum atomic E-state index is 11.8. The fourth-order valence-electron chi connectivity index (χ4n) is 1.53. The molecular formula is C12H18NO4+. The van der Waals surface area contributed by atoms with Crippen LogP contribution in [0.2, 0.25) is 0 Å². The van der Waals surface area contributed by atoms with Gasteiger partial charge in [-0.05, 0) is 12.1 Å². The molecule has 5 nitrogen and oxygen atoms in total. The number of aliphatic hydroxyl groups is 1. The van der Waals surface area contributed by atoms with E-state index in [1.807, 2.05) is 21.1 Å². The molecule has 0 bridgehead atoms. The average Bonchev–Trinajstić information content (AvgIpc) is 2.12. The highest BCUT2D eigenvalue weighted by Gasteiger charge is 2.24. The van der Waals surface area contributed by atoms with Crippen LogP contribution < -0.4 is 0 Å². The van der Waals surface area contributed by atoms with Gasteiger partial charge in [0.15, 0.2) is 11.9 Å². The van der Waals surface area contributed by atoms with Crippen molar-refractivity contribution >= 4 is 5.78 Å². The van der Waals surface area contributed by atoms with Crippen molar-refractivity contribution in [3.05, 3.63) is 23.8 Å². The van der Waals surface area contributed by atoms with Gasteiger partial charge in [-0.3, -0.25) is 4.79 Å². The summed E-state index contributed by atoms with van der Waals surface area (Å²) >= 11 is 0. The number of phenolic OH excluding ortho intramolecular Hbond substituents is 2. The Balaban J connectivity index is 2.89. The number of ketones is 1. The molecule has 0 fully saturated rings. The molecule has 0 radical (unpaired) electrons. The van der Waals surface area contributed by atoms with E-state index in [1.54, 1.807) is 0 Å². The zero-order valence-corrected chi connectivity index (χ0v) is 10.2. The van der Waals surface area contributed by atoms with Crippen LogP contribution in [0.3, 0.4) is 0 Å². The highest BCUT2D eigenvalue weighted by Crippen LogP contribution is 2.21. The van der Waals surface area contributed by atoms with Crippen LogP contribution in [0.4, 0.5) is 0 Å². The van der Waals surface area contributed by atoms with Crippen LogP contribution in [0, 0.1) is 0 Å². The molecule has 0 spiro atoms. The lowest BCUT2D eigenvalue weighted by Crippen LogP contribution is -2.44. The van der Waals surface area contributed by atoms with Crippen LogP contribution in [-0.4, -0.2) is 59.4 Å². The minimum absolute atomic E-state index is 0.100. The number of hydrogen-bond donors (Lipinski definition) is 3. The Morgan fingerprint density at radius 3 is 2.06 bits per heavy atom. The van der Waals surface area contributed by atoms with Crippen molar-refractivity contribution in [1.29, 1.82) is 0 Å². The number of hydrogen-bond acceptors (Lipinski definition) is 4. The maximum Gasteiger partial charge on any atom is 0.197 e. The third-order valence-corrected chi connectivity index (χ3v) is 2.21. The van der Waals surface area contributed by atoms with Crippen LogP contribution in [0.15, 0.2) is 18.2 Å². The predicted molar refractivity (Wildman–Crippen MR) is 63.0 cm³/mol. The Morgan fingerprint density at radius 2 is 1.65 bits per heavy atom. The van der Waals surface area contributed by atoms with Gasteiger partial charge in [0.1, 0.15) is 18.0 Å². The lowest BCUT2D eigenvalue weighted by molar-refractivity contribution is -0.872. The van der Waals surface area contributed by atoms with Crippen LogP contribution in [0.5, 0.6) is 11.5 Å². The molecule has 0 amide bonds. The van der Waals surface area contributed by atoms with Gasteiger partial charge in [-0.15, -0.1) is 0 Å². The molecule has 5 heteroatoms. The predicted octanol–water partition coefficient (Wildman–Crippen LogP) is 0.348. The topological polar surface area (TPSA) is 77.8 Å². The van der Waals surface area contributed by atoms with Crippen LogP contribution >= 0.6 is 0 Å². The van der Waals surface area contributed by atoms with Crippen molar-refractivity contribution < 1.29 is 24.6 Å². The number of aromatic hydroxyl groups is 2. The van der Waals surface area contributed by atoms with Crippen molar-refractivity contribution in [3.63, 3.8) is 0 Å². The highest BCUT2D eigenvalue weighted by atomic mass is 16.3. The Morgan fingerprint density at radius 1 is 1.18 bits per heavy atom. The number of benzene rings is 1. The second-order valence-electron chi connectivity index (χ2n) is 5.09. The summed E-state index contributed by atoms with van der Waals surface area (Å²) in [4.78, 5) is 11.8. The molecule has 0 aliphatic rings. The Bertz CT molecular complexity index is 403. The summed E-state index contributed by atoms with van der Waals surface area (Å²) in [6.07, 6.45) is -1.16. The molecule has 0 aliphatic heterocycles. The van der Waals surface area contributed by atoms with Gasteiger partial charge in [0, 0.05) is 11.6 Å². The van der Waals surface area contributed by atoms with E-state index in [9.17, 15) is 20.1 Å². The Hall–Kier alpha value is -1.59. The molecule has 1 rings (SSSR count). The number of carbonyl (C=O) groups is 1. The van der Waals surface area contributed by atoms with E-state index in [0.717, 1.165) is 6.07 Å². The molecule has 3 N–H and O–H groups in total. The summed E-state index contributed by atoms with van der Waals surface area (Å²) in [5.41, 5.74) is 0.100. The lowest BCUT2D eigenvalue weighted by Gasteiger charge is -2.26. The summed E-state index contributed by atoms with van der Waals surface area (Å²) in [7, 11) is 5.57. The molecule has 1 unspecified atom stereocenters. The molecule has 94 valence electrons. The SMILES string of the molecule is C[N+](C)(C)CC(O)C(=O)c1cc(O)cc(O)c1. The first-order valence-corrected chi connectivity index (χ1v) is 5.25. The summed E-state index contributed by atoms with van der Waals surface area (Å²) < 4.78 is 0.442. The number of quaternary nitrogens is 1. The summed E-state index contributed by atoms with van der Waals surface area (Å²) in [5, 5.41) is 28.3. The molecule has 1 aromatic rings. The molecule has 0 aliphatic carbocycles. The lowest BCUT2D eigenvalue weighted by atomic mass is 10.0. The van der Waals surface area contributed by atoms with Gasteiger partial charge in [-0.2, -0.15) is 0 Å². The molecule has 0 aromatic heterocycles. The smallest absolute Gasteiger partial charge is 0.197 e. The number of rotatable bonds is 4. The van der Waals surface area contributed by atoms with Gasteiger partial charge < -0.3 is 19.8 Å². The van der Waals surface area contributed by atoms with Crippen molar-refractivity contribution in [1.82, 2.24) is 0 Å². The van der Waals surface area contributed by atoms with Crippen molar-refractivity contribution in [3.8, 4) is 11.5 Å². The van der Waals surface area contributed by atoms with Gasteiger partial charge >= 0.3 is 0 Å². The minimum Gasteiger partial charge on any atom is -0.508 e. The van der Waals surface area contributed by atoms with Gasteiger partial charge in [0.05, 0.1) is 21.1 Å². The zero-order valence-electron chi connectivity index (χ0n) is 10.2. The number of phenols is 2. The van der Waals surface area contributed by atoms with E-state index in [4.69, 9.17) is 0 Å². The number of nitrogens with zero attached hydrogens (tertiary/aromatic N) is 1. The van der Waals surface area contributed by atoms with Crippen LogP contribution in [0.25, 0.3) is 0 Å². The molecule has 1 aromatic carbocycles. The molecule has 17 heavy (non-hydrogen) atoms. The number of aliphatic hydroxyl groups excluding tert-OH is 1. The third-order valence-electron chi connectivity index (χ3n) is 2.21. The monoisotopic (exact) mass is 240 g/mol. The fourth-order valence-corrected chi connectivity index (χ4v) is 1.53. The van der Waals surface area contributed by atoms with E-state index in [1.165, 1.54) is 12.1 Å². The van der Waals surface area contributed by atoms with Crippen LogP contribution in [0.1, 0.15) is 10.4 Å². The molecule has 1 atom stereocenters. The highest BCUT2D eigenvalue weighted by molar-refractivity contribution is 6.00. The minimum atomic E-state index is -1.16. The first-order chi connectivity index (χ1) is 7.69. The van der Waals surface area contributed by atoms with Gasteiger partial charge in [0.2, 0.25) is 0 Å². The normalized spacial score (nSPS) is 13.4. The third kappa shape index (κ3) is 4.05. The van der Waals surface area contributed by atoms with E-state index < -0.39 is 11.9 Å². The largest absolute Gasteiger partial charge is 0.508 e. The summed E-state index contributed by atoms with van der Waals surface area (Å²) in [6, 6.07) is 3.57. The Labute approximate surface area is 100 Å². The van der Waals surface area contributed by atoms with Gasteiger partial charge in [-0.1, -0.05) is 0 Å². The maximum absolute atomic E-state index is 11.8. The van der Waals surface area contributed by atoms with Crippen LogP contribution in [-0.2, 0) is 0 Å². The number of carbonyl (C=O) groups excluding carboxylic acids is 1. The van der Waals surface area contributed by atoms with Crippen molar-refractivity contribution in [2.75, 3.05) is 27.7 Å². The second-order valence-corrected chi connectivity index (χ2v) is 5.09. The van der Waals surface area contributed by atoms with Crippen molar-refractivity contribution in [2.45, 2.75) is 6.10 Å². The fraction of sp³-hybridized carbons (Fsp3) is 0.417. The Kier molecular flexibility index (Phi) is 3.75. The molecule has 0 saturated carbocycles. The molecule has 0 saturated heterocycles. The van der Waals surface area contributed by atoms with Gasteiger partial charge in [0.25, 0.3) is 0 Å². The zero-order chi connectivity index (χ0) is 13.2. The van der Waals surface area contributed by atoms with Crippen molar-refractivity contribution in [2.24, 2.45) is 0 Å². The van der Waals surface area contributed by atoms with Gasteiger partial charge in [-0.25, -0.2) is 0 Å². The van der Waals surface area contributed by atoms with E-state index >= 15 is 0 Å². The summed E-state index contributed by atoms with van der Waals surface area (Å²) in [6.45, 7) is 0.259. The number of Topliss-reactive ketones (excluding diaryl/α,β-unsaturated/α-hetero) is 1. The quantitative estimate of drug-likeness (QED) is 0.524. The summed E-state index contributed by atoms with van der Waals surface area (Å²) in [5.74, 6) is -0.916. The van der Waals surface area contributed by atoms with E-state index in [-0.39, 0.29) is 23.6 Å². The average molecular weight is 240 g/mol. The van der Waals surface area contributed by atoms with E-state index in [2.05, 4.69) is 0 Å². The number of likely N-dealkylation sites (N-methyl/N-ethyl adjacent to an activating group) is 1. The first-order valence-electron chi connectivity index (χ1n) is 5.25. The molecular weight excluding hydrogens is 222 g/mol. The first kappa shape index (κ1) is 13.5. The molecule has 0 heterocycles. The van der Waals surface area contributed by atoms with E-state index in [0.29, 0.717) is 4.48 Å².